The number of pyridine rings is 1. The lowest BCUT2D eigenvalue weighted by atomic mass is 9.63. The topological polar surface area (TPSA) is 69.0 Å². The number of halogens is 4. The number of anilines is 1. The Kier molecular flexibility index (Phi) is 7.45. The fourth-order valence-electron chi connectivity index (χ4n) is 5.30. The molecule has 2 heterocycles. The van der Waals surface area contributed by atoms with E-state index in [2.05, 4.69) is 16.4 Å². The summed E-state index contributed by atoms with van der Waals surface area (Å²) in [5, 5.41) is 13.7. The lowest BCUT2D eigenvalue weighted by molar-refractivity contribution is 0.198. The van der Waals surface area contributed by atoms with Crippen molar-refractivity contribution < 1.29 is 13.6 Å². The minimum Gasteiger partial charge on any atom is -0.315 e. The third-order valence-electron chi connectivity index (χ3n) is 6.69. The minimum absolute atomic E-state index is 0.0321. The molecule has 0 aliphatic carbocycles. The van der Waals surface area contributed by atoms with Crippen LogP contribution in [-0.2, 0) is 5.41 Å². The zero-order valence-corrected chi connectivity index (χ0v) is 22.1. The van der Waals surface area contributed by atoms with E-state index in [0.29, 0.717) is 12.1 Å². The van der Waals surface area contributed by atoms with E-state index in [1.54, 1.807) is 18.2 Å². The molecule has 3 aromatic rings. The van der Waals surface area contributed by atoms with E-state index in [1.165, 1.54) is 41.6 Å². The van der Waals surface area contributed by atoms with Gasteiger partial charge in [0.1, 0.15) is 17.0 Å². The Hall–Kier alpha value is -3.21. The number of aromatic nitrogens is 1. The number of hydrogen-bond donors (Lipinski definition) is 1. The van der Waals surface area contributed by atoms with Crippen molar-refractivity contribution in [1.82, 2.24) is 9.88 Å². The monoisotopic (exact) mass is 542 g/mol. The first kappa shape index (κ1) is 26.8. The van der Waals surface area contributed by atoms with Crippen molar-refractivity contribution in [1.29, 1.82) is 5.26 Å². The maximum Gasteiger partial charge on any atom is 0.322 e. The van der Waals surface area contributed by atoms with E-state index in [-0.39, 0.29) is 33.1 Å². The molecule has 37 heavy (non-hydrogen) atoms. The number of amides is 2. The van der Waals surface area contributed by atoms with Crippen molar-refractivity contribution in [3.8, 4) is 6.07 Å². The van der Waals surface area contributed by atoms with Crippen molar-refractivity contribution in [3.63, 3.8) is 0 Å². The molecule has 2 aromatic carbocycles. The van der Waals surface area contributed by atoms with Gasteiger partial charge in [0.05, 0.1) is 17.1 Å². The Balaban J connectivity index is 1.98. The van der Waals surface area contributed by atoms with E-state index < -0.39 is 35.0 Å². The first-order chi connectivity index (χ1) is 17.5. The molecule has 5 nitrogen and oxygen atoms in total. The number of hydrogen-bond acceptors (Lipinski definition) is 3. The molecule has 1 saturated heterocycles. The molecule has 0 bridgehead atoms. The molecule has 2 amide bonds. The third kappa shape index (κ3) is 5.14. The molecule has 0 spiro atoms. The normalized spacial score (nSPS) is 21.5. The summed E-state index contributed by atoms with van der Waals surface area (Å²) in [5.74, 6) is -2.00. The highest BCUT2D eigenvalue weighted by Gasteiger charge is 2.60. The minimum atomic E-state index is -1.64. The van der Waals surface area contributed by atoms with Gasteiger partial charge < -0.3 is 10.2 Å². The van der Waals surface area contributed by atoms with Crippen molar-refractivity contribution >= 4 is 34.9 Å². The zero-order valence-electron chi connectivity index (χ0n) is 20.6. The lowest BCUT2D eigenvalue weighted by Crippen LogP contribution is -2.42. The van der Waals surface area contributed by atoms with Crippen molar-refractivity contribution in [3.05, 3.63) is 93.7 Å². The molecule has 1 N–H and O–H groups in total. The van der Waals surface area contributed by atoms with Crippen LogP contribution >= 0.6 is 23.2 Å². The van der Waals surface area contributed by atoms with Gasteiger partial charge in [-0.05, 0) is 42.2 Å². The molecular weight excluding hydrogens is 517 g/mol. The number of nitrogens with one attached hydrogen (secondary N) is 1. The smallest absolute Gasteiger partial charge is 0.315 e. The molecule has 1 aliphatic heterocycles. The molecule has 0 saturated carbocycles. The quantitative estimate of drug-likeness (QED) is 0.366. The highest BCUT2D eigenvalue weighted by Crippen LogP contribution is 2.56. The van der Waals surface area contributed by atoms with Gasteiger partial charge in [-0.1, -0.05) is 62.2 Å². The Bertz CT molecular complexity index is 1360. The molecule has 4 rings (SSSR count). The second-order valence-electron chi connectivity index (χ2n) is 10.4. The van der Waals surface area contributed by atoms with Gasteiger partial charge in [0, 0.05) is 46.7 Å². The summed E-state index contributed by atoms with van der Waals surface area (Å²) in [6, 6.07) is 12.4. The zero-order chi connectivity index (χ0) is 27.0. The summed E-state index contributed by atoms with van der Waals surface area (Å²) < 4.78 is 31.2. The highest BCUT2D eigenvalue weighted by atomic mass is 35.5. The van der Waals surface area contributed by atoms with E-state index >= 15 is 8.78 Å². The van der Waals surface area contributed by atoms with E-state index in [9.17, 15) is 10.1 Å². The van der Waals surface area contributed by atoms with Gasteiger partial charge in [0.2, 0.25) is 0 Å². The number of carbonyl (C=O) groups excluding carboxylic acids is 1. The summed E-state index contributed by atoms with van der Waals surface area (Å²) in [6.45, 7) is 6.09. The average Bonchev–Trinajstić information content (AvgIpc) is 3.14. The first-order valence-electron chi connectivity index (χ1n) is 11.8. The van der Waals surface area contributed by atoms with Gasteiger partial charge >= 0.3 is 6.03 Å². The molecule has 3 unspecified atom stereocenters. The molecule has 192 valence electrons. The average molecular weight is 543 g/mol. The summed E-state index contributed by atoms with van der Waals surface area (Å²) in [4.78, 5) is 19.1. The van der Waals surface area contributed by atoms with Gasteiger partial charge in [0.25, 0.3) is 0 Å². The van der Waals surface area contributed by atoms with Crippen molar-refractivity contribution in [2.24, 2.45) is 11.3 Å². The van der Waals surface area contributed by atoms with Gasteiger partial charge in [0.15, 0.2) is 0 Å². The number of rotatable bonds is 4. The fraction of sp³-hybridized carbons (Fsp3) is 0.321. The van der Waals surface area contributed by atoms with Crippen LogP contribution in [0, 0.1) is 34.3 Å². The Morgan fingerprint density at radius 1 is 1.19 bits per heavy atom. The second kappa shape index (κ2) is 10.3. The van der Waals surface area contributed by atoms with Crippen LogP contribution in [0.2, 0.25) is 10.0 Å². The predicted molar refractivity (Wildman–Crippen MR) is 140 cm³/mol. The molecule has 0 radical (unpaired) electrons. The molecule has 1 aromatic heterocycles. The predicted octanol–water partition coefficient (Wildman–Crippen LogP) is 7.77. The van der Waals surface area contributed by atoms with Crippen LogP contribution in [0.25, 0.3) is 0 Å². The summed E-state index contributed by atoms with van der Waals surface area (Å²) in [5.41, 5.74) is -1.36. The first-order valence-corrected chi connectivity index (χ1v) is 12.5. The number of nitriles is 1. The van der Waals surface area contributed by atoms with Crippen LogP contribution in [-0.4, -0.2) is 22.5 Å². The van der Waals surface area contributed by atoms with E-state index in [1.807, 2.05) is 20.8 Å². The molecular formula is C28H26Cl2F2N4O. The van der Waals surface area contributed by atoms with Crippen molar-refractivity contribution in [2.45, 2.75) is 38.6 Å². The Morgan fingerprint density at radius 3 is 2.51 bits per heavy atom. The molecule has 9 heteroatoms. The van der Waals surface area contributed by atoms with Crippen LogP contribution in [0.3, 0.4) is 0 Å². The summed E-state index contributed by atoms with van der Waals surface area (Å²) >= 11 is 12.2. The Morgan fingerprint density at radius 2 is 1.89 bits per heavy atom. The standard InChI is InChI=1S/C28H26Cl2F2N4O/c1-27(2,3)14-17-15-36(26(37)35-19-9-11-34-12-10-19)25(20-5-4-6-22(30)24(20)32)28(17,16-33)21-8-7-18(29)13-23(21)31/h4-13,17,25H,14-15H2,1-3H3,(H,34,35,37). The van der Waals surface area contributed by atoms with Crippen LogP contribution in [0.4, 0.5) is 19.3 Å². The van der Waals surface area contributed by atoms with E-state index in [4.69, 9.17) is 23.2 Å². The maximum atomic E-state index is 15.6. The van der Waals surface area contributed by atoms with Crippen LogP contribution in [0.1, 0.15) is 44.4 Å². The third-order valence-corrected chi connectivity index (χ3v) is 7.22. The van der Waals surface area contributed by atoms with Crippen molar-refractivity contribution in [2.75, 3.05) is 11.9 Å². The molecule has 1 aliphatic rings. The Labute approximate surface area is 225 Å². The number of benzene rings is 2. The number of likely N-dealkylation sites (tertiary alicyclic amines) is 1. The number of carbonyl (C=O) groups is 1. The second-order valence-corrected chi connectivity index (χ2v) is 11.3. The van der Waals surface area contributed by atoms with Gasteiger partial charge in [-0.3, -0.25) is 4.98 Å². The van der Waals surface area contributed by atoms with Crippen LogP contribution in [0.5, 0.6) is 0 Å². The summed E-state index contributed by atoms with van der Waals surface area (Å²) in [7, 11) is 0. The maximum absolute atomic E-state index is 15.6. The largest absolute Gasteiger partial charge is 0.322 e. The lowest BCUT2D eigenvalue weighted by Gasteiger charge is -2.38. The van der Waals surface area contributed by atoms with Crippen LogP contribution < -0.4 is 5.32 Å². The van der Waals surface area contributed by atoms with Gasteiger partial charge in [-0.25, -0.2) is 13.6 Å². The van der Waals surface area contributed by atoms with Gasteiger partial charge in [-0.2, -0.15) is 5.26 Å². The molecule has 3 atom stereocenters. The van der Waals surface area contributed by atoms with Crippen LogP contribution in [0.15, 0.2) is 60.9 Å². The van der Waals surface area contributed by atoms with E-state index in [0.717, 1.165) is 6.07 Å². The highest BCUT2D eigenvalue weighted by molar-refractivity contribution is 6.31. The molecule has 1 fully saturated rings. The van der Waals surface area contributed by atoms with Gasteiger partial charge in [-0.15, -0.1) is 0 Å². The summed E-state index contributed by atoms with van der Waals surface area (Å²) in [6.07, 6.45) is 3.51. The number of nitrogens with zero attached hydrogens (tertiary/aromatic N) is 3. The SMILES string of the molecule is CC(C)(C)CC1CN(C(=O)Nc2ccncc2)C(c2cccc(Cl)c2F)C1(C#N)c1ccc(Cl)cc1F. The number of urea groups is 1. The fourth-order valence-corrected chi connectivity index (χ4v) is 5.64.